The summed E-state index contributed by atoms with van der Waals surface area (Å²) >= 11 is 0. The maximum absolute atomic E-state index is 13.2. The largest absolute Gasteiger partial charge is 0.335 e. The Morgan fingerprint density at radius 3 is 2.66 bits per heavy atom. The van der Waals surface area contributed by atoms with E-state index in [2.05, 4.69) is 10.3 Å². The molecule has 1 aliphatic rings. The van der Waals surface area contributed by atoms with Crippen molar-refractivity contribution in [1.82, 2.24) is 9.88 Å². The molecule has 7 nitrogen and oxygen atoms in total. The van der Waals surface area contributed by atoms with Gasteiger partial charge in [0.15, 0.2) is 9.84 Å². The van der Waals surface area contributed by atoms with Crippen LogP contribution >= 0.6 is 0 Å². The fourth-order valence-corrected chi connectivity index (χ4v) is 5.13. The molecule has 2 amide bonds. The molecule has 1 aromatic carbocycles. The SMILES string of the molecule is CCCCN(C(=O)c1cccc(NC(=O)c2cccnc2)c1)C1CCS(=O)(=O)C1. The van der Waals surface area contributed by atoms with Crippen molar-refractivity contribution in [3.05, 3.63) is 59.9 Å². The summed E-state index contributed by atoms with van der Waals surface area (Å²) in [5.41, 5.74) is 1.35. The predicted octanol–water partition coefficient (Wildman–Crippen LogP) is 2.76. The van der Waals surface area contributed by atoms with Crippen LogP contribution in [0.15, 0.2) is 48.8 Å². The van der Waals surface area contributed by atoms with Crippen LogP contribution in [0.2, 0.25) is 0 Å². The summed E-state index contributed by atoms with van der Waals surface area (Å²) in [6, 6.07) is 9.76. The number of hydrogen-bond donors (Lipinski definition) is 1. The highest BCUT2D eigenvalue weighted by atomic mass is 32.2. The van der Waals surface area contributed by atoms with Gasteiger partial charge < -0.3 is 10.2 Å². The number of carbonyl (C=O) groups excluding carboxylic acids is 2. The number of aromatic nitrogens is 1. The molecular formula is C21H25N3O4S. The molecule has 1 aliphatic heterocycles. The van der Waals surface area contributed by atoms with E-state index in [1.54, 1.807) is 47.5 Å². The van der Waals surface area contributed by atoms with Crippen molar-refractivity contribution in [3.8, 4) is 0 Å². The highest BCUT2D eigenvalue weighted by Gasteiger charge is 2.34. The van der Waals surface area contributed by atoms with Crippen LogP contribution < -0.4 is 5.32 Å². The fourth-order valence-electron chi connectivity index (χ4n) is 3.40. The van der Waals surface area contributed by atoms with Crippen molar-refractivity contribution in [2.24, 2.45) is 0 Å². The molecule has 0 aliphatic carbocycles. The van der Waals surface area contributed by atoms with Crippen LogP contribution in [0.25, 0.3) is 0 Å². The first-order valence-corrected chi connectivity index (χ1v) is 11.5. The maximum atomic E-state index is 13.2. The number of nitrogens with zero attached hydrogens (tertiary/aromatic N) is 2. The lowest BCUT2D eigenvalue weighted by Crippen LogP contribution is -2.41. The number of anilines is 1. The van der Waals surface area contributed by atoms with Gasteiger partial charge >= 0.3 is 0 Å². The molecule has 8 heteroatoms. The molecule has 0 bridgehead atoms. The lowest BCUT2D eigenvalue weighted by atomic mass is 10.1. The van der Waals surface area contributed by atoms with Gasteiger partial charge in [0, 0.05) is 36.2 Å². The van der Waals surface area contributed by atoms with Crippen LogP contribution in [-0.4, -0.2) is 54.2 Å². The minimum Gasteiger partial charge on any atom is -0.335 e. The molecule has 1 unspecified atom stereocenters. The summed E-state index contributed by atoms with van der Waals surface area (Å²) in [4.78, 5) is 31.1. The Labute approximate surface area is 171 Å². The van der Waals surface area contributed by atoms with E-state index in [0.717, 1.165) is 12.8 Å². The van der Waals surface area contributed by atoms with Gasteiger partial charge in [-0.1, -0.05) is 19.4 Å². The van der Waals surface area contributed by atoms with E-state index in [1.165, 1.54) is 6.20 Å². The molecule has 0 spiro atoms. The quantitative estimate of drug-likeness (QED) is 0.750. The highest BCUT2D eigenvalue weighted by molar-refractivity contribution is 7.91. The number of pyridine rings is 1. The minimum absolute atomic E-state index is 0.0138. The lowest BCUT2D eigenvalue weighted by Gasteiger charge is -2.28. The zero-order valence-electron chi connectivity index (χ0n) is 16.4. The van der Waals surface area contributed by atoms with E-state index in [0.29, 0.717) is 29.8 Å². The molecule has 2 heterocycles. The van der Waals surface area contributed by atoms with Crippen molar-refractivity contribution in [2.75, 3.05) is 23.4 Å². The van der Waals surface area contributed by atoms with Crippen LogP contribution in [0, 0.1) is 0 Å². The molecule has 0 radical (unpaired) electrons. The third kappa shape index (κ3) is 5.41. The van der Waals surface area contributed by atoms with E-state index in [9.17, 15) is 18.0 Å². The maximum Gasteiger partial charge on any atom is 0.257 e. The number of rotatable bonds is 7. The molecule has 29 heavy (non-hydrogen) atoms. The van der Waals surface area contributed by atoms with Gasteiger partial charge in [0.05, 0.1) is 17.1 Å². The zero-order valence-corrected chi connectivity index (χ0v) is 17.2. The first-order chi connectivity index (χ1) is 13.9. The number of unbranched alkanes of at least 4 members (excludes halogenated alkanes) is 1. The molecule has 154 valence electrons. The molecule has 3 rings (SSSR count). The number of sulfone groups is 1. The Balaban J connectivity index is 1.78. The van der Waals surface area contributed by atoms with Crippen LogP contribution in [-0.2, 0) is 9.84 Å². The van der Waals surface area contributed by atoms with Crippen LogP contribution in [0.5, 0.6) is 0 Å². The van der Waals surface area contributed by atoms with E-state index >= 15 is 0 Å². The van der Waals surface area contributed by atoms with Gasteiger partial charge in [0.1, 0.15) is 0 Å². The van der Waals surface area contributed by atoms with Crippen molar-refractivity contribution in [2.45, 2.75) is 32.2 Å². The summed E-state index contributed by atoms with van der Waals surface area (Å²) in [5, 5.41) is 2.77. The summed E-state index contributed by atoms with van der Waals surface area (Å²) in [6.07, 6.45) is 5.24. The monoisotopic (exact) mass is 415 g/mol. The van der Waals surface area contributed by atoms with Crippen LogP contribution in [0.3, 0.4) is 0 Å². The molecule has 1 aromatic heterocycles. The first kappa shape index (κ1) is 21.0. The third-order valence-corrected chi connectivity index (χ3v) is 6.70. The second-order valence-corrected chi connectivity index (χ2v) is 9.41. The van der Waals surface area contributed by atoms with E-state index in [4.69, 9.17) is 0 Å². The van der Waals surface area contributed by atoms with Crippen LogP contribution in [0.1, 0.15) is 46.9 Å². The van der Waals surface area contributed by atoms with Crippen LogP contribution in [0.4, 0.5) is 5.69 Å². The van der Waals surface area contributed by atoms with E-state index < -0.39 is 9.84 Å². The first-order valence-electron chi connectivity index (χ1n) is 9.72. The van der Waals surface area contributed by atoms with Crippen molar-refractivity contribution >= 4 is 27.3 Å². The Morgan fingerprint density at radius 2 is 2.00 bits per heavy atom. The summed E-state index contributed by atoms with van der Waals surface area (Å²) in [5.74, 6) is -0.389. The Hall–Kier alpha value is -2.74. The van der Waals surface area contributed by atoms with Crippen molar-refractivity contribution < 1.29 is 18.0 Å². The van der Waals surface area contributed by atoms with Crippen molar-refractivity contribution in [3.63, 3.8) is 0 Å². The van der Waals surface area contributed by atoms with E-state index in [1.807, 2.05) is 6.92 Å². The van der Waals surface area contributed by atoms with Gasteiger partial charge in [0.2, 0.25) is 0 Å². The average Bonchev–Trinajstić information content (AvgIpc) is 3.08. The summed E-state index contributed by atoms with van der Waals surface area (Å²) < 4.78 is 23.8. The molecule has 1 saturated heterocycles. The van der Waals surface area contributed by atoms with Gasteiger partial charge in [-0.05, 0) is 43.2 Å². The molecule has 1 fully saturated rings. The number of nitrogens with one attached hydrogen (secondary N) is 1. The van der Waals surface area contributed by atoms with Gasteiger partial charge in [0.25, 0.3) is 11.8 Å². The summed E-state index contributed by atoms with van der Waals surface area (Å²) in [6.45, 7) is 2.55. The summed E-state index contributed by atoms with van der Waals surface area (Å²) in [7, 11) is -3.09. The molecule has 1 N–H and O–H groups in total. The zero-order chi connectivity index (χ0) is 20.9. The van der Waals surface area contributed by atoms with Gasteiger partial charge in [-0.3, -0.25) is 14.6 Å². The molecular weight excluding hydrogens is 390 g/mol. The second-order valence-electron chi connectivity index (χ2n) is 7.19. The van der Waals surface area contributed by atoms with Gasteiger partial charge in [-0.25, -0.2) is 8.42 Å². The third-order valence-electron chi connectivity index (χ3n) is 4.95. The normalized spacial score (nSPS) is 17.6. The lowest BCUT2D eigenvalue weighted by molar-refractivity contribution is 0.0694. The fraction of sp³-hybridized carbons (Fsp3) is 0.381. The average molecular weight is 416 g/mol. The Morgan fingerprint density at radius 1 is 1.21 bits per heavy atom. The standard InChI is InChI=1S/C21H25N3O4S/c1-2-3-11-24(19-9-12-29(27,28)15-19)21(26)16-6-4-8-18(13-16)23-20(25)17-7-5-10-22-14-17/h4-8,10,13-14,19H,2-3,9,11-12,15H2,1H3,(H,23,25). The second kappa shape index (κ2) is 9.17. The Bertz CT molecular complexity index is 976. The number of carbonyl (C=O) groups is 2. The smallest absolute Gasteiger partial charge is 0.257 e. The topological polar surface area (TPSA) is 96.4 Å². The van der Waals surface area contributed by atoms with Crippen molar-refractivity contribution in [1.29, 1.82) is 0 Å². The molecule has 0 saturated carbocycles. The number of amides is 2. The van der Waals surface area contributed by atoms with Gasteiger partial charge in [-0.15, -0.1) is 0 Å². The number of benzene rings is 1. The number of hydrogen-bond acceptors (Lipinski definition) is 5. The predicted molar refractivity (Wildman–Crippen MR) is 112 cm³/mol. The van der Waals surface area contributed by atoms with E-state index in [-0.39, 0.29) is 29.4 Å². The molecule has 1 atom stereocenters. The van der Waals surface area contributed by atoms with Gasteiger partial charge in [-0.2, -0.15) is 0 Å². The minimum atomic E-state index is -3.09. The molecule has 2 aromatic rings. The highest BCUT2D eigenvalue weighted by Crippen LogP contribution is 2.22. The Kier molecular flexibility index (Phi) is 6.64.